The summed E-state index contributed by atoms with van der Waals surface area (Å²) in [6, 6.07) is 12.3. The highest BCUT2D eigenvalue weighted by molar-refractivity contribution is 5.95. The van der Waals surface area contributed by atoms with Crippen molar-refractivity contribution < 1.29 is 26.6 Å². The molecule has 1 aromatic carbocycles. The number of aromatic nitrogens is 1. The topological polar surface area (TPSA) is 64.0 Å². The Balaban J connectivity index is 0.00000180. The number of rotatable bonds is 4. The van der Waals surface area contributed by atoms with Crippen molar-refractivity contribution in [2.75, 3.05) is 0 Å². The molecular formula is C14H13ClN2O2. The Labute approximate surface area is 117 Å². The average molecular weight is 277 g/mol. The molecule has 2 aromatic rings. The molecule has 2 N–H and O–H groups in total. The number of benzene rings is 1. The Morgan fingerprint density at radius 1 is 1.00 bits per heavy atom. The third kappa shape index (κ3) is 3.89. The highest BCUT2D eigenvalue weighted by Gasteiger charge is 2.13. The van der Waals surface area contributed by atoms with Gasteiger partial charge in [0.2, 0.25) is 12.3 Å². The third-order valence-corrected chi connectivity index (χ3v) is 2.56. The Kier molecular flexibility index (Phi) is 5.21. The predicted molar refractivity (Wildman–Crippen MR) is 65.9 cm³/mol. The van der Waals surface area contributed by atoms with Gasteiger partial charge in [-0.2, -0.15) is 4.57 Å². The average Bonchev–Trinajstić information content (AvgIpc) is 2.40. The molecular weight excluding hydrogens is 264 g/mol. The van der Waals surface area contributed by atoms with Gasteiger partial charge in [-0.1, -0.05) is 30.3 Å². The molecule has 0 bridgehead atoms. The minimum Gasteiger partial charge on any atom is -1.00 e. The number of nitrogens with zero attached hydrogens (tertiary/aromatic N) is 1. The summed E-state index contributed by atoms with van der Waals surface area (Å²) in [6.45, 7) is 0.186. The van der Waals surface area contributed by atoms with Crippen molar-refractivity contribution in [1.82, 2.24) is 0 Å². The normalized spacial score (nSPS) is 9.47. The van der Waals surface area contributed by atoms with Gasteiger partial charge in [-0.15, -0.1) is 0 Å². The Bertz CT molecular complexity index is 585. The fraction of sp³-hybridized carbons (Fsp3) is 0.0714. The van der Waals surface area contributed by atoms with Gasteiger partial charge in [0.25, 0.3) is 5.91 Å². The number of amides is 1. The molecule has 0 aliphatic heterocycles. The molecule has 0 saturated heterocycles. The van der Waals surface area contributed by atoms with E-state index in [4.69, 9.17) is 5.73 Å². The number of ketones is 1. The lowest BCUT2D eigenvalue weighted by Gasteiger charge is -1.99. The smallest absolute Gasteiger partial charge is 0.254 e. The molecule has 1 heterocycles. The number of carbonyl (C=O) groups is 2. The lowest BCUT2D eigenvalue weighted by molar-refractivity contribution is -0.683. The lowest BCUT2D eigenvalue weighted by atomic mass is 10.1. The zero-order chi connectivity index (χ0) is 13.0. The standard InChI is InChI=1S/C14H12N2O2.ClH/c15-14(18)12-7-4-8-16(9-12)10-13(17)11-5-2-1-3-6-11;/h1-9H,10H2,(H-,15,18);1H. The van der Waals surface area contributed by atoms with Crippen LogP contribution in [0.1, 0.15) is 20.7 Å². The van der Waals surface area contributed by atoms with E-state index in [0.717, 1.165) is 0 Å². The molecule has 0 aliphatic rings. The summed E-state index contributed by atoms with van der Waals surface area (Å²) in [7, 11) is 0. The van der Waals surface area contributed by atoms with E-state index < -0.39 is 5.91 Å². The number of nitrogens with two attached hydrogens (primary N) is 1. The van der Waals surface area contributed by atoms with Gasteiger partial charge in [-0.3, -0.25) is 9.59 Å². The minimum absolute atomic E-state index is 0. The number of hydrogen-bond acceptors (Lipinski definition) is 2. The van der Waals surface area contributed by atoms with Crippen LogP contribution >= 0.6 is 0 Å². The number of pyridine rings is 1. The van der Waals surface area contributed by atoms with Crippen LogP contribution in [0.4, 0.5) is 0 Å². The van der Waals surface area contributed by atoms with Gasteiger partial charge in [0.05, 0.1) is 0 Å². The van der Waals surface area contributed by atoms with Crippen LogP contribution in [-0.4, -0.2) is 11.7 Å². The van der Waals surface area contributed by atoms with E-state index in [1.807, 2.05) is 18.2 Å². The summed E-state index contributed by atoms with van der Waals surface area (Å²) in [6.07, 6.45) is 3.30. The third-order valence-electron chi connectivity index (χ3n) is 2.56. The molecule has 5 heteroatoms. The molecule has 0 radical (unpaired) electrons. The molecule has 1 amide bonds. The Hall–Kier alpha value is -2.20. The number of Topliss-reactive ketones (excluding diaryl/α,β-unsaturated/α-hetero) is 1. The van der Waals surface area contributed by atoms with Crippen molar-refractivity contribution in [3.63, 3.8) is 0 Å². The molecule has 0 unspecified atom stereocenters. The second-order valence-electron chi connectivity index (χ2n) is 3.92. The van der Waals surface area contributed by atoms with Crippen LogP contribution < -0.4 is 22.7 Å². The number of primary amides is 1. The van der Waals surface area contributed by atoms with Gasteiger partial charge in [-0.05, 0) is 6.07 Å². The first-order valence-corrected chi connectivity index (χ1v) is 5.54. The van der Waals surface area contributed by atoms with Crippen LogP contribution in [0.5, 0.6) is 0 Å². The zero-order valence-corrected chi connectivity index (χ0v) is 10.9. The number of halogens is 1. The Morgan fingerprint density at radius 2 is 1.63 bits per heavy atom. The van der Waals surface area contributed by atoms with Crippen LogP contribution in [0.2, 0.25) is 0 Å². The van der Waals surface area contributed by atoms with Crippen molar-refractivity contribution in [2.45, 2.75) is 6.54 Å². The van der Waals surface area contributed by atoms with Crippen LogP contribution in [0.25, 0.3) is 0 Å². The molecule has 0 aliphatic carbocycles. The molecule has 1 aromatic heterocycles. The fourth-order valence-electron chi connectivity index (χ4n) is 1.65. The lowest BCUT2D eigenvalue weighted by Crippen LogP contribution is -3.00. The van der Waals surface area contributed by atoms with Crippen LogP contribution in [-0.2, 0) is 6.54 Å². The van der Waals surface area contributed by atoms with Gasteiger partial charge < -0.3 is 18.1 Å². The van der Waals surface area contributed by atoms with E-state index in [1.165, 1.54) is 0 Å². The van der Waals surface area contributed by atoms with Crippen molar-refractivity contribution in [2.24, 2.45) is 5.73 Å². The minimum atomic E-state index is -0.503. The van der Waals surface area contributed by atoms with Crippen molar-refractivity contribution >= 4 is 11.7 Å². The van der Waals surface area contributed by atoms with E-state index in [2.05, 4.69) is 0 Å². The molecule has 4 nitrogen and oxygen atoms in total. The fourth-order valence-corrected chi connectivity index (χ4v) is 1.65. The van der Waals surface area contributed by atoms with Crippen LogP contribution in [0.15, 0.2) is 54.9 Å². The first-order chi connectivity index (χ1) is 8.66. The van der Waals surface area contributed by atoms with E-state index in [9.17, 15) is 9.59 Å². The van der Waals surface area contributed by atoms with Gasteiger partial charge in [-0.25, -0.2) is 0 Å². The molecule has 0 saturated carbocycles. The van der Waals surface area contributed by atoms with E-state index in [0.29, 0.717) is 11.1 Å². The zero-order valence-electron chi connectivity index (χ0n) is 10.1. The summed E-state index contributed by atoms with van der Waals surface area (Å²) in [4.78, 5) is 23.0. The number of carbonyl (C=O) groups excluding carboxylic acids is 2. The first-order valence-electron chi connectivity index (χ1n) is 5.54. The summed E-state index contributed by atoms with van der Waals surface area (Å²) in [5.74, 6) is -0.515. The molecule has 0 fully saturated rings. The van der Waals surface area contributed by atoms with Crippen LogP contribution in [0.3, 0.4) is 0 Å². The van der Waals surface area contributed by atoms with Gasteiger partial charge >= 0.3 is 0 Å². The molecule has 0 atom stereocenters. The largest absolute Gasteiger partial charge is 1.00 e. The summed E-state index contributed by atoms with van der Waals surface area (Å²) in [5, 5.41) is 0. The summed E-state index contributed by atoms with van der Waals surface area (Å²) in [5.41, 5.74) is 6.22. The first kappa shape index (κ1) is 14.9. The van der Waals surface area contributed by atoms with Crippen molar-refractivity contribution in [3.8, 4) is 0 Å². The summed E-state index contributed by atoms with van der Waals surface area (Å²) >= 11 is 0. The molecule has 0 spiro atoms. The second kappa shape index (κ2) is 6.66. The summed E-state index contributed by atoms with van der Waals surface area (Å²) < 4.78 is 1.65. The maximum atomic E-state index is 12.0. The Morgan fingerprint density at radius 3 is 2.26 bits per heavy atom. The molecule has 2 rings (SSSR count). The van der Waals surface area contributed by atoms with Crippen molar-refractivity contribution in [1.29, 1.82) is 0 Å². The maximum absolute atomic E-state index is 12.0. The second-order valence-corrected chi connectivity index (χ2v) is 3.92. The van der Waals surface area contributed by atoms with Gasteiger partial charge in [0, 0.05) is 11.6 Å². The molecule has 19 heavy (non-hydrogen) atoms. The predicted octanol–water partition coefficient (Wildman–Crippen LogP) is -2.04. The monoisotopic (exact) mass is 276 g/mol. The van der Waals surface area contributed by atoms with Gasteiger partial charge in [0.1, 0.15) is 5.56 Å². The quantitative estimate of drug-likeness (QED) is 0.517. The van der Waals surface area contributed by atoms with E-state index in [1.54, 1.807) is 41.2 Å². The maximum Gasteiger partial charge on any atom is 0.254 e. The van der Waals surface area contributed by atoms with Gasteiger partial charge in [0.15, 0.2) is 12.4 Å². The SMILES string of the molecule is NC(=O)c1ccc[n+](CC(=O)c2ccccc2)c1.[Cl-]. The van der Waals surface area contributed by atoms with Crippen molar-refractivity contribution in [3.05, 3.63) is 66.0 Å². The van der Waals surface area contributed by atoms with E-state index >= 15 is 0 Å². The number of hydrogen-bond donors (Lipinski definition) is 1. The van der Waals surface area contributed by atoms with Crippen LogP contribution in [0, 0.1) is 0 Å². The van der Waals surface area contributed by atoms with E-state index in [-0.39, 0.29) is 24.7 Å². The highest BCUT2D eigenvalue weighted by Crippen LogP contribution is 2.00. The molecule has 98 valence electrons. The highest BCUT2D eigenvalue weighted by atomic mass is 35.5.